The van der Waals surface area contributed by atoms with Crippen molar-refractivity contribution in [3.63, 3.8) is 0 Å². The Balaban J connectivity index is 1.83. The summed E-state index contributed by atoms with van der Waals surface area (Å²) in [6, 6.07) is 0. The Hall–Kier alpha value is -1.17. The third-order valence-corrected chi connectivity index (χ3v) is 5.24. The number of hydrogen-bond acceptors (Lipinski definition) is 3. The topological polar surface area (TPSA) is 45.5 Å². The molecule has 6 heteroatoms. The minimum absolute atomic E-state index is 0.744. The van der Waals surface area contributed by atoms with Gasteiger partial charge in [-0.25, -0.2) is 0 Å². The van der Waals surface area contributed by atoms with Crippen molar-refractivity contribution in [1.29, 1.82) is 0 Å². The van der Waals surface area contributed by atoms with E-state index in [2.05, 4.69) is 47.1 Å². The van der Waals surface area contributed by atoms with Gasteiger partial charge in [0.15, 0.2) is 5.96 Å². The van der Waals surface area contributed by atoms with Crippen LogP contribution >= 0.6 is 11.8 Å². The second kappa shape index (κ2) is 9.08. The number of nitrogens with one attached hydrogen (secondary N) is 1. The molecule has 1 aliphatic heterocycles. The number of rotatable bonds is 6. The van der Waals surface area contributed by atoms with Gasteiger partial charge in [-0.05, 0) is 31.7 Å². The van der Waals surface area contributed by atoms with Gasteiger partial charge in [-0.3, -0.25) is 9.67 Å². The normalized spacial score (nSPS) is 19.5. The number of aliphatic imine (C=N–C) groups is 1. The summed E-state index contributed by atoms with van der Waals surface area (Å²) < 4.78 is 1.86. The van der Waals surface area contributed by atoms with Crippen LogP contribution in [0, 0.1) is 0 Å². The highest BCUT2D eigenvalue weighted by Gasteiger charge is 2.21. The fourth-order valence-corrected chi connectivity index (χ4v) is 3.83. The molecule has 1 fully saturated rings. The van der Waals surface area contributed by atoms with E-state index in [9.17, 15) is 0 Å². The molecule has 0 amide bonds. The number of thioether (sulfide) groups is 1. The second-order valence-corrected chi connectivity index (χ2v) is 7.12. The van der Waals surface area contributed by atoms with E-state index in [-0.39, 0.29) is 0 Å². The first-order valence-electron chi connectivity index (χ1n) is 8.35. The zero-order chi connectivity index (χ0) is 15.8. The summed E-state index contributed by atoms with van der Waals surface area (Å²) in [4.78, 5) is 7.25. The number of hydrogen-bond donors (Lipinski definition) is 1. The second-order valence-electron chi connectivity index (χ2n) is 5.71. The highest BCUT2D eigenvalue weighted by Crippen LogP contribution is 2.21. The van der Waals surface area contributed by atoms with Crippen LogP contribution in [0.1, 0.15) is 32.3 Å². The molecule has 1 aromatic rings. The van der Waals surface area contributed by atoms with Crippen molar-refractivity contribution in [2.45, 2.75) is 38.4 Å². The average Bonchev–Trinajstić information content (AvgIpc) is 2.96. The van der Waals surface area contributed by atoms with Crippen LogP contribution in [0.2, 0.25) is 0 Å². The molecule has 124 valence electrons. The molecule has 0 aromatic carbocycles. The van der Waals surface area contributed by atoms with Gasteiger partial charge in [0.2, 0.25) is 0 Å². The van der Waals surface area contributed by atoms with Crippen LogP contribution in [0.3, 0.4) is 0 Å². The van der Waals surface area contributed by atoms with Crippen LogP contribution in [0.25, 0.3) is 0 Å². The maximum Gasteiger partial charge on any atom is 0.193 e. The van der Waals surface area contributed by atoms with Crippen molar-refractivity contribution >= 4 is 17.7 Å². The zero-order valence-electron chi connectivity index (χ0n) is 14.1. The van der Waals surface area contributed by atoms with Crippen LogP contribution < -0.4 is 5.32 Å². The molecular weight excluding hydrogens is 294 g/mol. The van der Waals surface area contributed by atoms with E-state index >= 15 is 0 Å². The quantitative estimate of drug-likeness (QED) is 0.495. The smallest absolute Gasteiger partial charge is 0.193 e. The van der Waals surface area contributed by atoms with Gasteiger partial charge < -0.3 is 10.2 Å². The zero-order valence-corrected chi connectivity index (χ0v) is 14.9. The van der Waals surface area contributed by atoms with Crippen molar-refractivity contribution in [3.8, 4) is 0 Å². The summed E-state index contributed by atoms with van der Waals surface area (Å²) >= 11 is 2.10. The van der Waals surface area contributed by atoms with Gasteiger partial charge in [-0.15, -0.1) is 0 Å². The number of aromatic nitrogens is 2. The number of guanidine groups is 1. The minimum Gasteiger partial charge on any atom is -0.357 e. The lowest BCUT2D eigenvalue weighted by atomic mass is 10.2. The van der Waals surface area contributed by atoms with Crippen molar-refractivity contribution in [2.75, 3.05) is 31.9 Å². The van der Waals surface area contributed by atoms with Crippen molar-refractivity contribution < 1.29 is 0 Å². The molecule has 2 rings (SSSR count). The van der Waals surface area contributed by atoms with Gasteiger partial charge >= 0.3 is 0 Å². The molecule has 1 saturated heterocycles. The largest absolute Gasteiger partial charge is 0.357 e. The van der Waals surface area contributed by atoms with E-state index in [1.54, 1.807) is 0 Å². The molecule has 0 radical (unpaired) electrons. The molecular formula is C16H29N5S. The fraction of sp³-hybridized carbons (Fsp3) is 0.750. The molecule has 0 saturated carbocycles. The highest BCUT2D eigenvalue weighted by molar-refractivity contribution is 8.00. The maximum atomic E-state index is 4.82. The van der Waals surface area contributed by atoms with Gasteiger partial charge in [-0.2, -0.15) is 16.9 Å². The summed E-state index contributed by atoms with van der Waals surface area (Å²) in [5.41, 5.74) is 1.29. The maximum absolute atomic E-state index is 4.82. The van der Waals surface area contributed by atoms with Gasteiger partial charge in [-0.1, -0.05) is 6.92 Å². The van der Waals surface area contributed by atoms with Gasteiger partial charge in [0.25, 0.3) is 0 Å². The predicted molar refractivity (Wildman–Crippen MR) is 95.6 cm³/mol. The molecule has 0 spiro atoms. The van der Waals surface area contributed by atoms with Crippen LogP contribution in [-0.2, 0) is 13.5 Å². The lowest BCUT2D eigenvalue weighted by Gasteiger charge is -2.34. The van der Waals surface area contributed by atoms with E-state index in [1.807, 2.05) is 17.9 Å². The molecule has 0 aliphatic carbocycles. The van der Waals surface area contributed by atoms with Crippen LogP contribution in [0.4, 0.5) is 0 Å². The van der Waals surface area contributed by atoms with E-state index in [0.29, 0.717) is 0 Å². The Bertz CT molecular complexity index is 471. The van der Waals surface area contributed by atoms with Crippen molar-refractivity contribution in [2.24, 2.45) is 12.0 Å². The molecule has 1 atom stereocenters. The lowest BCUT2D eigenvalue weighted by molar-refractivity contribution is 0.408. The molecule has 22 heavy (non-hydrogen) atoms. The van der Waals surface area contributed by atoms with E-state index in [4.69, 9.17) is 4.99 Å². The Morgan fingerprint density at radius 1 is 1.50 bits per heavy atom. The lowest BCUT2D eigenvalue weighted by Crippen LogP contribution is -2.48. The Kier molecular flexibility index (Phi) is 7.09. The van der Waals surface area contributed by atoms with Crippen molar-refractivity contribution in [3.05, 3.63) is 18.0 Å². The Morgan fingerprint density at radius 3 is 3.05 bits per heavy atom. The van der Waals surface area contributed by atoms with Crippen LogP contribution in [-0.4, -0.2) is 57.8 Å². The average molecular weight is 324 g/mol. The van der Waals surface area contributed by atoms with Gasteiger partial charge in [0, 0.05) is 50.4 Å². The fourth-order valence-electron chi connectivity index (χ4n) is 2.65. The molecule has 1 N–H and O–H groups in total. The molecule has 1 aromatic heterocycles. The molecule has 0 bridgehead atoms. The third-order valence-electron chi connectivity index (χ3n) is 3.87. The first-order valence-corrected chi connectivity index (χ1v) is 9.40. The highest BCUT2D eigenvalue weighted by atomic mass is 32.2. The molecule has 1 aliphatic rings. The number of aryl methyl sites for hydroxylation is 2. The summed E-state index contributed by atoms with van der Waals surface area (Å²) in [6.07, 6.45) is 7.39. The Labute approximate surface area is 138 Å². The summed E-state index contributed by atoms with van der Waals surface area (Å²) in [5.74, 6) is 2.30. The van der Waals surface area contributed by atoms with Crippen LogP contribution in [0.5, 0.6) is 0 Å². The summed E-state index contributed by atoms with van der Waals surface area (Å²) in [6.45, 7) is 8.45. The minimum atomic E-state index is 0.744. The molecule has 1 unspecified atom stereocenters. The van der Waals surface area contributed by atoms with Gasteiger partial charge in [0.05, 0.1) is 6.20 Å². The number of nitrogens with zero attached hydrogens (tertiary/aromatic N) is 4. The monoisotopic (exact) mass is 323 g/mol. The standard InChI is InChI=1S/C16H29N5S/c1-4-15-13-21(9-10-22-15)16(17-5-2)18-8-6-7-14-11-19-20(3)12-14/h11-12,15H,4-10,13H2,1-3H3,(H,17,18). The summed E-state index contributed by atoms with van der Waals surface area (Å²) in [7, 11) is 1.96. The van der Waals surface area contributed by atoms with Crippen molar-refractivity contribution in [1.82, 2.24) is 20.0 Å². The van der Waals surface area contributed by atoms with Crippen LogP contribution in [0.15, 0.2) is 17.4 Å². The van der Waals surface area contributed by atoms with E-state index in [0.717, 1.165) is 50.2 Å². The Morgan fingerprint density at radius 2 is 2.36 bits per heavy atom. The predicted octanol–water partition coefficient (Wildman–Crippen LogP) is 2.15. The first-order chi connectivity index (χ1) is 10.7. The van der Waals surface area contributed by atoms with E-state index in [1.165, 1.54) is 17.7 Å². The van der Waals surface area contributed by atoms with Gasteiger partial charge in [0.1, 0.15) is 0 Å². The summed E-state index contributed by atoms with van der Waals surface area (Å²) in [5, 5.41) is 8.40. The molecule has 2 heterocycles. The first kappa shape index (κ1) is 17.2. The van der Waals surface area contributed by atoms with E-state index < -0.39 is 0 Å². The SMILES string of the molecule is CCNC(=NCCCc1cnn(C)c1)N1CCSC(CC)C1. The third kappa shape index (κ3) is 5.23. The molecule has 5 nitrogen and oxygen atoms in total.